The molecular weight excluding hydrogens is 258 g/mol. The van der Waals surface area contributed by atoms with Gasteiger partial charge in [0.1, 0.15) is 11.7 Å². The summed E-state index contributed by atoms with van der Waals surface area (Å²) in [5.41, 5.74) is 1.43. The van der Waals surface area contributed by atoms with Crippen LogP contribution in [0.15, 0.2) is 18.2 Å². The number of rotatable bonds is 4. The lowest BCUT2D eigenvalue weighted by Gasteiger charge is -2.21. The predicted molar refractivity (Wildman–Crippen MR) is 77.1 cm³/mol. The smallest absolute Gasteiger partial charge is 0.315 e. The Morgan fingerprint density at radius 3 is 2.35 bits per heavy atom. The van der Waals surface area contributed by atoms with Gasteiger partial charge in [-0.15, -0.1) is 0 Å². The Morgan fingerprint density at radius 1 is 1.30 bits per heavy atom. The zero-order valence-electron chi connectivity index (χ0n) is 12.5. The van der Waals surface area contributed by atoms with Gasteiger partial charge in [0.25, 0.3) is 0 Å². The molecule has 1 amide bonds. The molecule has 0 bridgehead atoms. The van der Waals surface area contributed by atoms with Crippen molar-refractivity contribution in [2.24, 2.45) is 5.92 Å². The Balaban J connectivity index is 3.09. The lowest BCUT2D eigenvalue weighted by molar-refractivity contribution is -0.144. The predicted octanol–water partition coefficient (Wildman–Crippen LogP) is 2.65. The number of carboxylic acids is 1. The summed E-state index contributed by atoms with van der Waals surface area (Å²) >= 11 is 0. The minimum absolute atomic E-state index is 0.0792. The van der Waals surface area contributed by atoms with Crippen LogP contribution >= 0.6 is 0 Å². The van der Waals surface area contributed by atoms with Crippen molar-refractivity contribution < 1.29 is 19.4 Å². The quantitative estimate of drug-likeness (QED) is 0.831. The Bertz CT molecular complexity index is 517. The number of aliphatic carboxylic acids is 1. The van der Waals surface area contributed by atoms with Gasteiger partial charge in [-0.1, -0.05) is 26.8 Å². The fourth-order valence-electron chi connectivity index (χ4n) is 1.63. The largest absolute Gasteiger partial charge is 0.495 e. The van der Waals surface area contributed by atoms with Gasteiger partial charge in [0.05, 0.1) is 12.8 Å². The highest BCUT2D eigenvalue weighted by atomic mass is 16.5. The monoisotopic (exact) mass is 279 g/mol. The molecule has 0 radical (unpaired) electrons. The highest BCUT2D eigenvalue weighted by Gasteiger charge is 2.22. The van der Waals surface area contributed by atoms with Crippen molar-refractivity contribution in [3.05, 3.63) is 23.8 Å². The van der Waals surface area contributed by atoms with Gasteiger partial charge in [0.2, 0.25) is 5.91 Å². The summed E-state index contributed by atoms with van der Waals surface area (Å²) in [6.07, 6.45) is 0. The van der Waals surface area contributed by atoms with Gasteiger partial charge in [0.15, 0.2) is 0 Å². The molecule has 1 aromatic rings. The summed E-state index contributed by atoms with van der Waals surface area (Å²) in [7, 11) is 1.50. The molecule has 2 N–H and O–H groups in total. The summed E-state index contributed by atoms with van der Waals surface area (Å²) in [5.74, 6) is -2.34. The minimum atomic E-state index is -1.16. The number of ether oxygens (including phenoxy) is 1. The van der Waals surface area contributed by atoms with Crippen molar-refractivity contribution in [3.8, 4) is 5.75 Å². The SMILES string of the molecule is COc1ccc(C(C)(C)C)cc1NC(=O)C(C)C(=O)O. The second kappa shape index (κ2) is 5.94. The van der Waals surface area contributed by atoms with Crippen LogP contribution in [-0.4, -0.2) is 24.1 Å². The Labute approximate surface area is 118 Å². The van der Waals surface area contributed by atoms with Crippen molar-refractivity contribution >= 4 is 17.6 Å². The zero-order valence-corrected chi connectivity index (χ0v) is 12.5. The molecule has 0 spiro atoms. The average Bonchev–Trinajstić information content (AvgIpc) is 2.36. The van der Waals surface area contributed by atoms with Crippen molar-refractivity contribution in [1.82, 2.24) is 0 Å². The molecule has 1 rings (SSSR count). The van der Waals surface area contributed by atoms with E-state index in [0.717, 1.165) is 5.56 Å². The molecule has 5 nitrogen and oxygen atoms in total. The topological polar surface area (TPSA) is 75.6 Å². The van der Waals surface area contributed by atoms with Gasteiger partial charge < -0.3 is 15.2 Å². The first kappa shape index (κ1) is 16.0. The van der Waals surface area contributed by atoms with Crippen LogP contribution in [0.3, 0.4) is 0 Å². The van der Waals surface area contributed by atoms with Gasteiger partial charge in [0, 0.05) is 0 Å². The van der Waals surface area contributed by atoms with Crippen LogP contribution in [0.5, 0.6) is 5.75 Å². The summed E-state index contributed by atoms with van der Waals surface area (Å²) < 4.78 is 5.19. The van der Waals surface area contributed by atoms with Crippen molar-refractivity contribution in [2.75, 3.05) is 12.4 Å². The molecule has 0 aliphatic rings. The molecule has 0 aromatic heterocycles. The van der Waals surface area contributed by atoms with Crippen molar-refractivity contribution in [3.63, 3.8) is 0 Å². The molecule has 20 heavy (non-hydrogen) atoms. The Morgan fingerprint density at radius 2 is 1.90 bits per heavy atom. The van der Waals surface area contributed by atoms with E-state index in [0.29, 0.717) is 11.4 Å². The number of hydrogen-bond donors (Lipinski definition) is 2. The van der Waals surface area contributed by atoms with E-state index in [4.69, 9.17) is 9.84 Å². The summed E-state index contributed by atoms with van der Waals surface area (Å²) in [6, 6.07) is 5.50. The number of nitrogens with one attached hydrogen (secondary N) is 1. The maximum atomic E-state index is 11.8. The van der Waals surface area contributed by atoms with Crippen LogP contribution in [0.25, 0.3) is 0 Å². The summed E-state index contributed by atoms with van der Waals surface area (Å²) in [4.78, 5) is 22.7. The Kier molecular flexibility index (Phi) is 4.76. The molecular formula is C15H21NO4. The highest BCUT2D eigenvalue weighted by Crippen LogP contribution is 2.31. The molecule has 0 heterocycles. The third kappa shape index (κ3) is 3.73. The van der Waals surface area contributed by atoms with E-state index in [2.05, 4.69) is 26.1 Å². The fourth-order valence-corrected chi connectivity index (χ4v) is 1.63. The zero-order chi connectivity index (χ0) is 15.5. The second-order valence-electron chi connectivity index (χ2n) is 5.71. The van der Waals surface area contributed by atoms with Crippen LogP contribution in [-0.2, 0) is 15.0 Å². The molecule has 0 saturated carbocycles. The first-order chi connectivity index (χ1) is 9.16. The van der Waals surface area contributed by atoms with Crippen molar-refractivity contribution in [2.45, 2.75) is 33.1 Å². The van der Waals surface area contributed by atoms with Crippen LogP contribution in [0, 0.1) is 5.92 Å². The average molecular weight is 279 g/mol. The third-order valence-electron chi connectivity index (χ3n) is 3.09. The second-order valence-corrected chi connectivity index (χ2v) is 5.71. The number of anilines is 1. The lowest BCUT2D eigenvalue weighted by Crippen LogP contribution is -2.27. The van der Waals surface area contributed by atoms with Crippen molar-refractivity contribution in [1.29, 1.82) is 0 Å². The fraction of sp³-hybridized carbons (Fsp3) is 0.467. The molecule has 0 fully saturated rings. The van der Waals surface area contributed by atoms with Gasteiger partial charge in [-0.25, -0.2) is 0 Å². The first-order valence-corrected chi connectivity index (χ1v) is 6.39. The number of benzene rings is 1. The summed E-state index contributed by atoms with van der Waals surface area (Å²) in [5, 5.41) is 11.5. The normalized spacial score (nSPS) is 12.7. The molecule has 0 saturated heterocycles. The lowest BCUT2D eigenvalue weighted by atomic mass is 9.87. The number of carbonyl (C=O) groups excluding carboxylic acids is 1. The standard InChI is InChI=1S/C15H21NO4/c1-9(14(18)19)13(17)16-11-8-10(15(2,3)4)6-7-12(11)20-5/h6-9H,1-5H3,(H,16,17)(H,18,19). The molecule has 1 atom stereocenters. The number of carbonyl (C=O) groups is 2. The molecule has 1 unspecified atom stereocenters. The molecule has 5 heteroatoms. The molecule has 0 aliphatic carbocycles. The molecule has 1 aromatic carbocycles. The highest BCUT2D eigenvalue weighted by molar-refractivity contribution is 6.04. The van der Waals surface area contributed by atoms with Crippen LogP contribution in [0.1, 0.15) is 33.3 Å². The van der Waals surface area contributed by atoms with Crippen LogP contribution < -0.4 is 10.1 Å². The summed E-state index contributed by atoms with van der Waals surface area (Å²) in [6.45, 7) is 7.51. The van der Waals surface area contributed by atoms with E-state index in [1.54, 1.807) is 6.07 Å². The van der Waals surface area contributed by atoms with Gasteiger partial charge in [-0.3, -0.25) is 9.59 Å². The Hall–Kier alpha value is -2.04. The number of methoxy groups -OCH3 is 1. The number of carboxylic acid groups (broad SMARTS) is 1. The van der Waals surface area contributed by atoms with E-state index in [9.17, 15) is 9.59 Å². The minimum Gasteiger partial charge on any atom is -0.495 e. The van der Waals surface area contributed by atoms with Crippen LogP contribution in [0.2, 0.25) is 0 Å². The van der Waals surface area contributed by atoms with E-state index >= 15 is 0 Å². The molecule has 0 aliphatic heterocycles. The van der Waals surface area contributed by atoms with Crippen LogP contribution in [0.4, 0.5) is 5.69 Å². The number of amides is 1. The third-order valence-corrected chi connectivity index (χ3v) is 3.09. The maximum absolute atomic E-state index is 11.8. The van der Waals surface area contributed by atoms with Gasteiger partial charge >= 0.3 is 5.97 Å². The van der Waals surface area contributed by atoms with Gasteiger partial charge in [-0.2, -0.15) is 0 Å². The van der Waals surface area contributed by atoms with Gasteiger partial charge in [-0.05, 0) is 30.0 Å². The van der Waals surface area contributed by atoms with E-state index in [-0.39, 0.29) is 5.41 Å². The van der Waals surface area contributed by atoms with E-state index in [1.165, 1.54) is 14.0 Å². The van der Waals surface area contributed by atoms with E-state index < -0.39 is 17.8 Å². The van der Waals surface area contributed by atoms with E-state index in [1.807, 2.05) is 12.1 Å². The number of hydrogen-bond acceptors (Lipinski definition) is 3. The molecule has 110 valence electrons. The maximum Gasteiger partial charge on any atom is 0.315 e. The first-order valence-electron chi connectivity index (χ1n) is 6.39.